The number of hydrogen-bond donors (Lipinski definition) is 0. The Kier molecular flexibility index (Phi) is 4.35. The first kappa shape index (κ1) is 15.9. The quantitative estimate of drug-likeness (QED) is 0.409. The van der Waals surface area contributed by atoms with Crippen molar-refractivity contribution in [2.75, 3.05) is 12.9 Å². The molecule has 0 aliphatic rings. The van der Waals surface area contributed by atoms with Gasteiger partial charge in [-0.1, -0.05) is 25.1 Å². The highest BCUT2D eigenvalue weighted by atomic mass is 32.2. The molecule has 3 rings (SSSR count). The van der Waals surface area contributed by atoms with Gasteiger partial charge < -0.3 is 9.30 Å². The van der Waals surface area contributed by atoms with Crippen molar-refractivity contribution in [3.63, 3.8) is 0 Å². The van der Waals surface area contributed by atoms with Crippen LogP contribution in [0.15, 0.2) is 28.2 Å². The van der Waals surface area contributed by atoms with E-state index in [2.05, 4.69) is 6.92 Å². The Balaban J connectivity index is 2.28. The molecule has 0 saturated carbocycles. The minimum atomic E-state index is -0.00772. The summed E-state index contributed by atoms with van der Waals surface area (Å²) in [6, 6.07) is 5.83. The number of methoxy groups -OCH3 is 1. The van der Waals surface area contributed by atoms with Gasteiger partial charge in [0.2, 0.25) is 0 Å². The summed E-state index contributed by atoms with van der Waals surface area (Å²) in [6.07, 6.45) is 2.25. The summed E-state index contributed by atoms with van der Waals surface area (Å²) < 4.78 is 8.89. The Morgan fingerprint density at radius 1 is 1.26 bits per heavy atom. The van der Waals surface area contributed by atoms with Gasteiger partial charge in [0, 0.05) is 25.2 Å². The lowest BCUT2D eigenvalue weighted by Gasteiger charge is -2.07. The molecule has 5 nitrogen and oxygen atoms in total. The number of fused-ring (bicyclic) bond motifs is 3. The van der Waals surface area contributed by atoms with Gasteiger partial charge >= 0.3 is 0 Å². The molecule has 0 bridgehead atoms. The van der Waals surface area contributed by atoms with Crippen molar-refractivity contribution in [1.29, 1.82) is 0 Å². The van der Waals surface area contributed by atoms with E-state index >= 15 is 0 Å². The molecule has 0 N–H and O–H groups in total. The van der Waals surface area contributed by atoms with E-state index in [9.17, 15) is 4.79 Å². The zero-order valence-corrected chi connectivity index (χ0v) is 14.7. The second kappa shape index (κ2) is 6.28. The number of thioether (sulfide) groups is 1. The summed E-state index contributed by atoms with van der Waals surface area (Å²) in [5.74, 6) is 1.74. The fraction of sp³-hybridized carbons (Fsp3) is 0.412. The molecular weight excluding hydrogens is 310 g/mol. The van der Waals surface area contributed by atoms with Gasteiger partial charge in [-0.15, -0.1) is 0 Å². The van der Waals surface area contributed by atoms with Crippen molar-refractivity contribution in [1.82, 2.24) is 14.1 Å². The Morgan fingerprint density at radius 3 is 2.74 bits per heavy atom. The molecule has 0 saturated heterocycles. The van der Waals surface area contributed by atoms with Crippen LogP contribution in [0, 0.1) is 0 Å². The number of ether oxygens (including phenoxy) is 1. The minimum Gasteiger partial charge on any atom is -0.497 e. The number of aryl methyl sites for hydroxylation is 1. The van der Waals surface area contributed by atoms with Crippen LogP contribution >= 0.6 is 11.8 Å². The minimum absolute atomic E-state index is 0.00772. The van der Waals surface area contributed by atoms with Crippen molar-refractivity contribution < 1.29 is 4.74 Å². The first-order chi connectivity index (χ1) is 11.1. The van der Waals surface area contributed by atoms with Gasteiger partial charge in [-0.25, -0.2) is 4.98 Å². The molecule has 0 fully saturated rings. The number of unbranched alkanes of at least 4 members (excludes halogenated alkanes) is 1. The SMILES string of the molecule is CCCCSc1nc2c3cc(OC)ccc3n(C)c2c(=O)n1C. The summed E-state index contributed by atoms with van der Waals surface area (Å²) >= 11 is 1.64. The van der Waals surface area contributed by atoms with E-state index in [0.29, 0.717) is 5.52 Å². The molecule has 0 radical (unpaired) electrons. The van der Waals surface area contributed by atoms with Crippen LogP contribution in [0.5, 0.6) is 5.75 Å². The molecule has 0 atom stereocenters. The largest absolute Gasteiger partial charge is 0.497 e. The van der Waals surface area contributed by atoms with Gasteiger partial charge in [0.25, 0.3) is 5.56 Å². The number of rotatable bonds is 5. The number of aromatic nitrogens is 3. The molecule has 2 heterocycles. The van der Waals surface area contributed by atoms with Crippen LogP contribution in [-0.4, -0.2) is 27.0 Å². The molecule has 0 amide bonds. The second-order valence-electron chi connectivity index (χ2n) is 5.60. The Hall–Kier alpha value is -1.95. The van der Waals surface area contributed by atoms with Crippen molar-refractivity contribution in [3.05, 3.63) is 28.6 Å². The maximum Gasteiger partial charge on any atom is 0.278 e. The van der Waals surface area contributed by atoms with Crippen LogP contribution in [-0.2, 0) is 14.1 Å². The molecule has 0 aliphatic carbocycles. The Bertz CT molecular complexity index is 927. The average Bonchev–Trinajstić information content (AvgIpc) is 2.84. The molecular formula is C17H21N3O2S. The first-order valence-corrected chi connectivity index (χ1v) is 8.73. The first-order valence-electron chi connectivity index (χ1n) is 7.74. The predicted octanol–water partition coefficient (Wildman–Crippen LogP) is 3.33. The zero-order valence-electron chi connectivity index (χ0n) is 13.9. The summed E-state index contributed by atoms with van der Waals surface area (Å²) in [5, 5.41) is 1.73. The van der Waals surface area contributed by atoms with Crippen molar-refractivity contribution in [2.45, 2.75) is 24.9 Å². The third kappa shape index (κ3) is 2.61. The molecule has 122 valence electrons. The maximum atomic E-state index is 12.8. The smallest absolute Gasteiger partial charge is 0.278 e. The van der Waals surface area contributed by atoms with E-state index in [1.54, 1.807) is 30.5 Å². The van der Waals surface area contributed by atoms with Gasteiger partial charge in [0.15, 0.2) is 5.16 Å². The molecule has 6 heteroatoms. The topological polar surface area (TPSA) is 49.1 Å². The Labute approximate surface area is 139 Å². The van der Waals surface area contributed by atoms with Gasteiger partial charge in [0.1, 0.15) is 16.8 Å². The molecule has 23 heavy (non-hydrogen) atoms. The van der Waals surface area contributed by atoms with Gasteiger partial charge in [-0.2, -0.15) is 0 Å². The van der Waals surface area contributed by atoms with E-state index in [-0.39, 0.29) is 5.56 Å². The predicted molar refractivity (Wildman–Crippen MR) is 95.6 cm³/mol. The second-order valence-corrected chi connectivity index (χ2v) is 6.66. The van der Waals surface area contributed by atoms with Crippen LogP contribution in [0.4, 0.5) is 0 Å². The third-order valence-electron chi connectivity index (χ3n) is 4.11. The van der Waals surface area contributed by atoms with Crippen LogP contribution in [0.1, 0.15) is 19.8 Å². The van der Waals surface area contributed by atoms with E-state index in [1.807, 2.05) is 29.8 Å². The van der Waals surface area contributed by atoms with Crippen LogP contribution in [0.3, 0.4) is 0 Å². The van der Waals surface area contributed by atoms with Gasteiger partial charge in [0.05, 0.1) is 12.6 Å². The summed E-state index contributed by atoms with van der Waals surface area (Å²) in [6.45, 7) is 2.16. The lowest BCUT2D eigenvalue weighted by Crippen LogP contribution is -2.21. The van der Waals surface area contributed by atoms with Gasteiger partial charge in [-0.3, -0.25) is 9.36 Å². The summed E-state index contributed by atoms with van der Waals surface area (Å²) in [7, 11) is 5.34. The molecule has 0 unspecified atom stereocenters. The average molecular weight is 331 g/mol. The van der Waals surface area contributed by atoms with E-state index < -0.39 is 0 Å². The highest BCUT2D eigenvalue weighted by molar-refractivity contribution is 7.99. The summed E-state index contributed by atoms with van der Waals surface area (Å²) in [4.78, 5) is 17.6. The molecule has 0 aliphatic heterocycles. The molecule has 0 spiro atoms. The molecule has 1 aromatic carbocycles. The van der Waals surface area contributed by atoms with Crippen LogP contribution < -0.4 is 10.3 Å². The molecule has 3 aromatic rings. The van der Waals surface area contributed by atoms with Crippen LogP contribution in [0.25, 0.3) is 21.9 Å². The van der Waals surface area contributed by atoms with E-state index in [4.69, 9.17) is 9.72 Å². The number of benzene rings is 1. The number of nitrogens with zero attached hydrogens (tertiary/aromatic N) is 3. The van der Waals surface area contributed by atoms with Crippen molar-refractivity contribution in [3.8, 4) is 5.75 Å². The van der Waals surface area contributed by atoms with Crippen molar-refractivity contribution in [2.24, 2.45) is 14.1 Å². The Morgan fingerprint density at radius 2 is 2.04 bits per heavy atom. The van der Waals surface area contributed by atoms with E-state index in [0.717, 1.165) is 45.9 Å². The zero-order chi connectivity index (χ0) is 16.6. The lowest BCUT2D eigenvalue weighted by atomic mass is 10.2. The highest BCUT2D eigenvalue weighted by Gasteiger charge is 2.17. The maximum absolute atomic E-state index is 12.8. The van der Waals surface area contributed by atoms with Crippen LogP contribution in [0.2, 0.25) is 0 Å². The normalized spacial score (nSPS) is 11.5. The summed E-state index contributed by atoms with van der Waals surface area (Å²) in [5.41, 5.74) is 2.37. The molecule has 2 aromatic heterocycles. The van der Waals surface area contributed by atoms with Gasteiger partial charge in [-0.05, 0) is 24.6 Å². The lowest BCUT2D eigenvalue weighted by molar-refractivity contribution is 0.415. The van der Waals surface area contributed by atoms with E-state index in [1.165, 1.54) is 0 Å². The van der Waals surface area contributed by atoms with Crippen molar-refractivity contribution >= 4 is 33.7 Å². The fourth-order valence-corrected chi connectivity index (χ4v) is 3.79. The third-order valence-corrected chi connectivity index (χ3v) is 5.23. The standard InChI is InChI=1S/C17H21N3O2S/c1-5-6-9-23-17-18-14-12-10-11(22-4)7-8-13(12)19(2)15(14)16(21)20(17)3/h7-8,10H,5-6,9H2,1-4H3. The number of hydrogen-bond acceptors (Lipinski definition) is 4. The highest BCUT2D eigenvalue weighted by Crippen LogP contribution is 2.29. The monoisotopic (exact) mass is 331 g/mol. The fourth-order valence-electron chi connectivity index (χ4n) is 2.74.